The van der Waals surface area contributed by atoms with Crippen molar-refractivity contribution < 1.29 is 17.5 Å². The van der Waals surface area contributed by atoms with Crippen molar-refractivity contribution in [2.24, 2.45) is 5.92 Å². The average molecular weight is 589 g/mol. The molecule has 0 radical (unpaired) electrons. The highest BCUT2D eigenvalue weighted by Gasteiger charge is 2.39. The highest BCUT2D eigenvalue weighted by Crippen LogP contribution is 2.38. The highest BCUT2D eigenvalue weighted by atomic mass is 35.5. The number of nitrogens with one attached hydrogen (secondary N) is 1. The van der Waals surface area contributed by atoms with Gasteiger partial charge in [-0.15, -0.1) is 0 Å². The van der Waals surface area contributed by atoms with Gasteiger partial charge in [-0.25, -0.2) is 17.8 Å². The molecule has 0 unspecified atom stereocenters. The molecule has 9 nitrogen and oxygen atoms in total. The Hall–Kier alpha value is -3.46. The van der Waals surface area contributed by atoms with Crippen molar-refractivity contribution in [3.63, 3.8) is 0 Å². The number of ether oxygens (including phenoxy) is 1. The number of benzene rings is 1. The average Bonchev–Trinajstić information content (AvgIpc) is 3.28. The van der Waals surface area contributed by atoms with Crippen LogP contribution in [0.5, 0.6) is 5.75 Å². The zero-order valence-corrected chi connectivity index (χ0v) is 23.4. The van der Waals surface area contributed by atoms with Crippen LogP contribution < -0.4 is 9.64 Å². The minimum absolute atomic E-state index is 0.0296. The summed E-state index contributed by atoms with van der Waals surface area (Å²) in [4.78, 5) is 10.4. The number of aromatic nitrogens is 4. The lowest BCUT2D eigenvalue weighted by atomic mass is 9.91. The fraction of sp³-hybridized carbons (Fsp3) is 0.308. The Labute approximate surface area is 234 Å². The van der Waals surface area contributed by atoms with Crippen LogP contribution in [-0.2, 0) is 9.84 Å². The van der Waals surface area contributed by atoms with Gasteiger partial charge in [0.2, 0.25) is 0 Å². The molecule has 1 N–H and O–H groups in total. The number of sulfone groups is 1. The molecule has 0 bridgehead atoms. The first-order valence-electron chi connectivity index (χ1n) is 11.9. The number of fused-ring (bicyclic) bond motifs is 1. The molecule has 0 amide bonds. The summed E-state index contributed by atoms with van der Waals surface area (Å²) in [5.41, 5.74) is 2.25. The monoisotopic (exact) mass is 588 g/mol. The summed E-state index contributed by atoms with van der Waals surface area (Å²) in [6.07, 6.45) is 5.01. The Bertz CT molecular complexity index is 1720. The molecule has 0 aliphatic carbocycles. The Morgan fingerprint density at radius 1 is 1.26 bits per heavy atom. The normalized spacial score (nSPS) is 18.0. The number of hydrogen-bond acceptors (Lipinski definition) is 8. The molecule has 3 atom stereocenters. The number of nitriles is 1. The second-order valence-corrected chi connectivity index (χ2v) is 12.6. The van der Waals surface area contributed by atoms with Crippen LogP contribution in [0.3, 0.4) is 0 Å². The summed E-state index contributed by atoms with van der Waals surface area (Å²) in [7, 11) is -3.11. The molecule has 4 heterocycles. The molecule has 0 saturated carbocycles. The van der Waals surface area contributed by atoms with Crippen molar-refractivity contribution in [1.29, 1.82) is 5.26 Å². The fourth-order valence-electron chi connectivity index (χ4n) is 4.83. The summed E-state index contributed by atoms with van der Waals surface area (Å²) >= 11 is 12.5. The van der Waals surface area contributed by atoms with Crippen molar-refractivity contribution in [2.75, 3.05) is 23.5 Å². The molecule has 39 heavy (non-hydrogen) atoms. The van der Waals surface area contributed by atoms with Crippen LogP contribution in [0.1, 0.15) is 31.1 Å². The molecule has 4 aromatic rings. The van der Waals surface area contributed by atoms with E-state index in [9.17, 15) is 18.1 Å². The predicted molar refractivity (Wildman–Crippen MR) is 147 cm³/mol. The van der Waals surface area contributed by atoms with E-state index >= 15 is 0 Å². The predicted octanol–water partition coefficient (Wildman–Crippen LogP) is 5.35. The highest BCUT2D eigenvalue weighted by molar-refractivity contribution is 7.90. The van der Waals surface area contributed by atoms with Crippen LogP contribution in [0, 0.1) is 23.1 Å². The van der Waals surface area contributed by atoms with Crippen LogP contribution in [-0.4, -0.2) is 53.2 Å². The Morgan fingerprint density at radius 2 is 1.97 bits per heavy atom. The van der Waals surface area contributed by atoms with Gasteiger partial charge in [0.1, 0.15) is 33.5 Å². The summed E-state index contributed by atoms with van der Waals surface area (Å²) in [6.45, 7) is 4.11. The van der Waals surface area contributed by atoms with Gasteiger partial charge >= 0.3 is 0 Å². The molecule has 0 spiro atoms. The van der Waals surface area contributed by atoms with Crippen LogP contribution >= 0.6 is 23.2 Å². The lowest BCUT2D eigenvalue weighted by Gasteiger charge is -2.47. The third-order valence-corrected chi connectivity index (χ3v) is 8.51. The number of rotatable bonds is 7. The maximum absolute atomic E-state index is 14.9. The van der Waals surface area contributed by atoms with Crippen molar-refractivity contribution in [3.05, 3.63) is 63.8 Å². The first-order chi connectivity index (χ1) is 18.5. The van der Waals surface area contributed by atoms with E-state index in [1.54, 1.807) is 19.2 Å². The molecule has 1 saturated heterocycles. The SMILES string of the molecule is C[C@@H]1[C@@H](CS(C)(=O)=O)CN1c1ncc(-c2n[nH]c3cc(F)c(O[C@H](C)c4c(Cl)cncc4Cl)cc23)cc1C#N. The number of halogens is 3. The van der Waals surface area contributed by atoms with Crippen LogP contribution in [0.25, 0.3) is 22.2 Å². The quantitative estimate of drug-likeness (QED) is 0.306. The van der Waals surface area contributed by atoms with Gasteiger partial charge in [-0.3, -0.25) is 10.1 Å². The molecule has 5 rings (SSSR count). The van der Waals surface area contributed by atoms with E-state index in [1.165, 1.54) is 30.8 Å². The van der Waals surface area contributed by atoms with Crippen molar-refractivity contribution in [1.82, 2.24) is 20.2 Å². The van der Waals surface area contributed by atoms with E-state index in [0.29, 0.717) is 55.7 Å². The minimum Gasteiger partial charge on any atom is -0.483 e. The van der Waals surface area contributed by atoms with Gasteiger partial charge in [0.15, 0.2) is 11.6 Å². The van der Waals surface area contributed by atoms with E-state index in [-0.39, 0.29) is 23.5 Å². The number of nitrogens with zero attached hydrogens (tertiary/aromatic N) is 5. The summed E-state index contributed by atoms with van der Waals surface area (Å²) < 4.78 is 44.2. The molecule has 13 heteroatoms. The second kappa shape index (κ2) is 10.3. The topological polar surface area (TPSA) is 125 Å². The standard InChI is InChI=1S/C26H23Cl2FN6O3S/c1-13-17(12-39(3,36)37)11-35(13)26-15(7-30)4-16(8-32-26)25-18-5-23(21(29)6-22(18)33-34-25)38-14(2)24-19(27)9-31-10-20(24)28/h4-6,8-10,13-14,17H,11-12H2,1-3H3,(H,33,34)/t13-,14-,17-/m1/s1. The first-order valence-corrected chi connectivity index (χ1v) is 14.8. The smallest absolute Gasteiger partial charge is 0.167 e. The number of aromatic amines is 1. The Morgan fingerprint density at radius 3 is 2.62 bits per heavy atom. The summed E-state index contributed by atoms with van der Waals surface area (Å²) in [5.74, 6) is -0.0991. The molecule has 1 aliphatic rings. The molecule has 1 aromatic carbocycles. The van der Waals surface area contributed by atoms with Gasteiger partial charge in [0, 0.05) is 65.9 Å². The van der Waals surface area contributed by atoms with Crippen LogP contribution in [0.15, 0.2) is 36.8 Å². The third-order valence-electron chi connectivity index (χ3n) is 6.87. The van der Waals surface area contributed by atoms with E-state index in [2.05, 4.69) is 26.2 Å². The molecule has 1 fully saturated rings. The largest absolute Gasteiger partial charge is 0.483 e. The zero-order valence-electron chi connectivity index (χ0n) is 21.1. The summed E-state index contributed by atoms with van der Waals surface area (Å²) in [6, 6.07) is 6.57. The molecule has 1 aliphatic heterocycles. The molecule has 202 valence electrons. The fourth-order valence-corrected chi connectivity index (χ4v) is 6.67. The number of pyridine rings is 2. The molecular formula is C26H23Cl2FN6O3S. The van der Waals surface area contributed by atoms with Crippen molar-refractivity contribution in [3.8, 4) is 23.1 Å². The van der Waals surface area contributed by atoms with Gasteiger partial charge in [-0.1, -0.05) is 23.2 Å². The van der Waals surface area contributed by atoms with Gasteiger partial charge in [-0.05, 0) is 26.0 Å². The van der Waals surface area contributed by atoms with Crippen LogP contribution in [0.4, 0.5) is 10.2 Å². The lowest BCUT2D eigenvalue weighted by molar-refractivity contribution is 0.217. The van der Waals surface area contributed by atoms with Crippen LogP contribution in [0.2, 0.25) is 10.0 Å². The minimum atomic E-state index is -3.11. The number of H-pyrrole nitrogens is 1. The third kappa shape index (κ3) is 5.24. The Kier molecular flexibility index (Phi) is 7.13. The van der Waals surface area contributed by atoms with Crippen molar-refractivity contribution >= 4 is 49.8 Å². The summed E-state index contributed by atoms with van der Waals surface area (Å²) in [5, 5.41) is 18.2. The van der Waals surface area contributed by atoms with Gasteiger partial charge in [0.25, 0.3) is 0 Å². The van der Waals surface area contributed by atoms with E-state index in [0.717, 1.165) is 0 Å². The number of hydrogen-bond donors (Lipinski definition) is 1. The maximum Gasteiger partial charge on any atom is 0.167 e. The molecule has 3 aromatic heterocycles. The zero-order chi connectivity index (χ0) is 28.1. The van der Waals surface area contributed by atoms with E-state index < -0.39 is 21.8 Å². The number of anilines is 1. The second-order valence-electron chi connectivity index (χ2n) is 9.63. The van der Waals surface area contributed by atoms with Gasteiger partial charge < -0.3 is 9.64 Å². The van der Waals surface area contributed by atoms with E-state index in [1.807, 2.05) is 11.8 Å². The van der Waals surface area contributed by atoms with E-state index in [4.69, 9.17) is 27.9 Å². The van der Waals surface area contributed by atoms with Gasteiger partial charge in [-0.2, -0.15) is 10.4 Å². The Balaban J connectivity index is 1.45. The first kappa shape index (κ1) is 27.1. The van der Waals surface area contributed by atoms with Crippen molar-refractivity contribution in [2.45, 2.75) is 26.0 Å². The molecular weight excluding hydrogens is 566 g/mol. The maximum atomic E-state index is 14.9. The van der Waals surface area contributed by atoms with Gasteiger partial charge in [0.05, 0.1) is 26.9 Å². The lowest BCUT2D eigenvalue weighted by Crippen LogP contribution is -2.57.